The van der Waals surface area contributed by atoms with E-state index in [1.807, 2.05) is 0 Å². The maximum atomic E-state index is 13.0. The number of aromatic nitrogens is 2. The first-order valence-electron chi connectivity index (χ1n) is 8.49. The van der Waals surface area contributed by atoms with Gasteiger partial charge in [0.05, 0.1) is 13.1 Å². The highest BCUT2D eigenvalue weighted by Crippen LogP contribution is 2.14. The fraction of sp³-hybridized carbons (Fsp3) is 0.389. The summed E-state index contributed by atoms with van der Waals surface area (Å²) in [5.41, 5.74) is 0.309. The van der Waals surface area contributed by atoms with E-state index in [1.165, 1.54) is 22.9 Å². The number of hydrogen-bond donors (Lipinski definition) is 2. The monoisotopic (exact) mass is 378 g/mol. The van der Waals surface area contributed by atoms with E-state index >= 15 is 0 Å². The molecule has 2 rings (SSSR count). The standard InChI is InChI=1S/C18H23FN4O2S/c1-3-22(4-2)10-9-20-11-15-16(24)21-18(26)23(17(15)25)12-13-5-7-14(19)8-6-13/h5-8,11,25H,3-4,9-10,12H2,1-2H3,(H,21,24,26). The number of aromatic amines is 1. The summed E-state index contributed by atoms with van der Waals surface area (Å²) in [6, 6.07) is 5.85. The Morgan fingerprint density at radius 1 is 1.31 bits per heavy atom. The SMILES string of the molecule is CCN(CC)CCN=Cc1c(O)n(Cc2ccc(F)cc2)c(=S)[nH]c1=O. The number of H-pyrrole nitrogens is 1. The Balaban J connectivity index is 2.23. The summed E-state index contributed by atoms with van der Waals surface area (Å²) in [5.74, 6) is -0.598. The summed E-state index contributed by atoms with van der Waals surface area (Å²) in [6.07, 6.45) is 1.37. The maximum absolute atomic E-state index is 13.0. The molecule has 1 aromatic heterocycles. The van der Waals surface area contributed by atoms with Crippen molar-refractivity contribution in [3.05, 3.63) is 56.3 Å². The van der Waals surface area contributed by atoms with Crippen molar-refractivity contribution in [2.24, 2.45) is 4.99 Å². The molecule has 0 aliphatic heterocycles. The number of halogens is 1. The molecule has 0 fully saturated rings. The third kappa shape index (κ3) is 5.09. The number of likely N-dealkylation sites (N-methyl/N-ethyl adjacent to an activating group) is 1. The molecule has 0 aliphatic carbocycles. The first kappa shape index (κ1) is 20.0. The summed E-state index contributed by atoms with van der Waals surface area (Å²) < 4.78 is 14.5. The van der Waals surface area contributed by atoms with Crippen molar-refractivity contribution < 1.29 is 9.50 Å². The van der Waals surface area contributed by atoms with E-state index in [-0.39, 0.29) is 28.6 Å². The second-order valence-electron chi connectivity index (χ2n) is 5.77. The molecule has 0 unspecified atom stereocenters. The van der Waals surface area contributed by atoms with Crippen LogP contribution >= 0.6 is 12.2 Å². The number of aliphatic imine (C=N–C) groups is 1. The molecule has 0 spiro atoms. The molecule has 0 radical (unpaired) electrons. The Bertz CT molecular complexity index is 870. The number of nitrogens with one attached hydrogen (secondary N) is 1. The van der Waals surface area contributed by atoms with E-state index in [1.54, 1.807) is 12.1 Å². The van der Waals surface area contributed by atoms with Gasteiger partial charge in [0, 0.05) is 12.8 Å². The summed E-state index contributed by atoms with van der Waals surface area (Å²) in [7, 11) is 0. The van der Waals surface area contributed by atoms with Crippen molar-refractivity contribution in [1.82, 2.24) is 14.5 Å². The largest absolute Gasteiger partial charge is 0.494 e. The zero-order valence-electron chi connectivity index (χ0n) is 14.9. The molecule has 0 aliphatic rings. The van der Waals surface area contributed by atoms with Gasteiger partial charge in [0.25, 0.3) is 5.56 Å². The lowest BCUT2D eigenvalue weighted by Gasteiger charge is -2.15. The molecular weight excluding hydrogens is 355 g/mol. The number of aromatic hydroxyl groups is 1. The van der Waals surface area contributed by atoms with Crippen LogP contribution in [0.15, 0.2) is 34.1 Å². The fourth-order valence-electron chi connectivity index (χ4n) is 2.51. The first-order chi connectivity index (χ1) is 12.5. The van der Waals surface area contributed by atoms with Crippen LogP contribution in [0.1, 0.15) is 25.0 Å². The zero-order valence-corrected chi connectivity index (χ0v) is 15.7. The van der Waals surface area contributed by atoms with Gasteiger partial charge < -0.3 is 10.0 Å². The Morgan fingerprint density at radius 3 is 2.58 bits per heavy atom. The lowest BCUT2D eigenvalue weighted by atomic mass is 10.2. The van der Waals surface area contributed by atoms with Crippen molar-refractivity contribution in [3.63, 3.8) is 0 Å². The molecule has 0 atom stereocenters. The van der Waals surface area contributed by atoms with Crippen molar-refractivity contribution in [2.75, 3.05) is 26.2 Å². The quantitative estimate of drug-likeness (QED) is 0.547. The second kappa shape index (κ2) is 9.40. The number of hydrogen-bond acceptors (Lipinski definition) is 5. The molecule has 6 nitrogen and oxygen atoms in total. The van der Waals surface area contributed by atoms with Gasteiger partial charge in [-0.3, -0.25) is 19.3 Å². The Morgan fingerprint density at radius 2 is 1.96 bits per heavy atom. The highest BCUT2D eigenvalue weighted by Gasteiger charge is 2.11. The van der Waals surface area contributed by atoms with Crippen LogP contribution in [0.2, 0.25) is 0 Å². The predicted octanol–water partition coefficient (Wildman–Crippen LogP) is 2.56. The van der Waals surface area contributed by atoms with Gasteiger partial charge in [0.1, 0.15) is 11.4 Å². The average Bonchev–Trinajstić information content (AvgIpc) is 2.62. The Labute approximate surface area is 156 Å². The highest BCUT2D eigenvalue weighted by atomic mass is 32.1. The highest BCUT2D eigenvalue weighted by molar-refractivity contribution is 7.71. The average molecular weight is 378 g/mol. The molecule has 140 valence electrons. The van der Waals surface area contributed by atoms with Crippen LogP contribution in [0, 0.1) is 10.6 Å². The van der Waals surface area contributed by atoms with Crippen LogP contribution in [-0.2, 0) is 6.54 Å². The minimum atomic E-state index is -0.491. The van der Waals surface area contributed by atoms with Crippen LogP contribution < -0.4 is 5.56 Å². The van der Waals surface area contributed by atoms with E-state index < -0.39 is 5.56 Å². The van der Waals surface area contributed by atoms with Crippen LogP contribution in [0.3, 0.4) is 0 Å². The molecule has 2 aromatic rings. The fourth-order valence-corrected chi connectivity index (χ4v) is 2.75. The van der Waals surface area contributed by atoms with Crippen molar-refractivity contribution >= 4 is 18.4 Å². The lowest BCUT2D eigenvalue weighted by molar-refractivity contribution is 0.313. The zero-order chi connectivity index (χ0) is 19.1. The molecule has 1 aromatic carbocycles. The topological polar surface area (TPSA) is 73.6 Å². The number of benzene rings is 1. The molecule has 1 heterocycles. The van der Waals surface area contributed by atoms with Gasteiger partial charge in [-0.15, -0.1) is 0 Å². The third-order valence-corrected chi connectivity index (χ3v) is 4.44. The van der Waals surface area contributed by atoms with Gasteiger partial charge in [0.15, 0.2) is 4.77 Å². The maximum Gasteiger partial charge on any atom is 0.264 e. The minimum Gasteiger partial charge on any atom is -0.494 e. The van der Waals surface area contributed by atoms with Crippen LogP contribution in [0.5, 0.6) is 5.88 Å². The minimum absolute atomic E-state index is 0.0558. The smallest absolute Gasteiger partial charge is 0.264 e. The van der Waals surface area contributed by atoms with Gasteiger partial charge in [-0.25, -0.2) is 4.39 Å². The van der Waals surface area contributed by atoms with Gasteiger partial charge in [-0.1, -0.05) is 26.0 Å². The predicted molar refractivity (Wildman–Crippen MR) is 103 cm³/mol. The summed E-state index contributed by atoms with van der Waals surface area (Å²) in [5, 5.41) is 10.5. The molecule has 0 amide bonds. The third-order valence-electron chi connectivity index (χ3n) is 4.12. The van der Waals surface area contributed by atoms with Gasteiger partial charge in [-0.2, -0.15) is 0 Å². The molecule has 0 bridgehead atoms. The molecular formula is C18H23FN4O2S. The van der Waals surface area contributed by atoms with Crippen molar-refractivity contribution in [1.29, 1.82) is 0 Å². The van der Waals surface area contributed by atoms with Gasteiger partial charge in [0.2, 0.25) is 5.88 Å². The molecule has 0 saturated carbocycles. The first-order valence-corrected chi connectivity index (χ1v) is 8.89. The van der Waals surface area contributed by atoms with E-state index in [0.29, 0.717) is 6.54 Å². The summed E-state index contributed by atoms with van der Waals surface area (Å²) in [6.45, 7) is 7.52. The summed E-state index contributed by atoms with van der Waals surface area (Å²) >= 11 is 5.13. The van der Waals surface area contributed by atoms with Crippen LogP contribution in [-0.4, -0.2) is 52.0 Å². The van der Waals surface area contributed by atoms with E-state index in [0.717, 1.165) is 25.2 Å². The molecule has 26 heavy (non-hydrogen) atoms. The second-order valence-corrected chi connectivity index (χ2v) is 6.16. The van der Waals surface area contributed by atoms with Crippen molar-refractivity contribution in [3.8, 4) is 5.88 Å². The van der Waals surface area contributed by atoms with Gasteiger partial charge >= 0.3 is 0 Å². The van der Waals surface area contributed by atoms with E-state index in [2.05, 4.69) is 28.7 Å². The summed E-state index contributed by atoms with van der Waals surface area (Å²) in [4.78, 5) is 21.1. The Hall–Kier alpha value is -2.32. The van der Waals surface area contributed by atoms with Crippen LogP contribution in [0.4, 0.5) is 4.39 Å². The van der Waals surface area contributed by atoms with E-state index in [9.17, 15) is 14.3 Å². The molecule has 8 heteroatoms. The van der Waals surface area contributed by atoms with Crippen molar-refractivity contribution in [2.45, 2.75) is 20.4 Å². The molecule has 0 saturated heterocycles. The number of nitrogens with zero attached hydrogens (tertiary/aromatic N) is 3. The normalized spacial score (nSPS) is 11.5. The number of rotatable bonds is 8. The molecule has 2 N–H and O–H groups in total. The Kier molecular flexibility index (Phi) is 7.23. The van der Waals surface area contributed by atoms with Crippen LogP contribution in [0.25, 0.3) is 0 Å². The van der Waals surface area contributed by atoms with E-state index in [4.69, 9.17) is 12.2 Å². The lowest BCUT2D eigenvalue weighted by Crippen LogP contribution is -2.25. The van der Waals surface area contributed by atoms with Gasteiger partial charge in [-0.05, 0) is 43.0 Å².